The Morgan fingerprint density at radius 2 is 1.45 bits per heavy atom. The first kappa shape index (κ1) is 8.85. The highest BCUT2D eigenvalue weighted by Crippen LogP contribution is 2.15. The molecule has 4 atom stereocenters. The van der Waals surface area contributed by atoms with Gasteiger partial charge in [-0.2, -0.15) is 0 Å². The van der Waals surface area contributed by atoms with Gasteiger partial charge in [0, 0.05) is 0 Å². The van der Waals surface area contributed by atoms with E-state index in [1.54, 1.807) is 0 Å². The first-order chi connectivity index (χ1) is 5.15. The zero-order chi connectivity index (χ0) is 8.43. The van der Waals surface area contributed by atoms with Crippen molar-refractivity contribution in [2.75, 3.05) is 6.61 Å². The predicted octanol–water partition coefficient (Wildman–Crippen LogP) is -2.65. The van der Waals surface area contributed by atoms with E-state index in [1.807, 2.05) is 0 Å². The molecule has 3 unspecified atom stereocenters. The summed E-state index contributed by atoms with van der Waals surface area (Å²) in [5.74, 6) is 0. The van der Waals surface area contributed by atoms with Gasteiger partial charge in [0.05, 0.1) is 6.61 Å². The fourth-order valence-electron chi connectivity index (χ4n) is 0.744. The SMILES string of the molecule is OCC1OC(O)C(O)O[C@@H]1O. The third-order valence-corrected chi connectivity index (χ3v) is 1.34. The van der Waals surface area contributed by atoms with E-state index in [1.165, 1.54) is 0 Å². The highest BCUT2D eigenvalue weighted by molar-refractivity contribution is 4.67. The molecule has 0 amide bonds. The lowest BCUT2D eigenvalue weighted by Gasteiger charge is -2.33. The minimum absolute atomic E-state index is 0.481. The van der Waals surface area contributed by atoms with Crippen LogP contribution in [-0.2, 0) is 9.47 Å². The van der Waals surface area contributed by atoms with Crippen molar-refractivity contribution < 1.29 is 29.9 Å². The molecular weight excluding hydrogens is 156 g/mol. The summed E-state index contributed by atoms with van der Waals surface area (Å²) in [6.07, 6.45) is -5.49. The summed E-state index contributed by atoms with van der Waals surface area (Å²) in [4.78, 5) is 0. The Morgan fingerprint density at radius 1 is 0.909 bits per heavy atom. The van der Waals surface area contributed by atoms with E-state index in [2.05, 4.69) is 9.47 Å². The van der Waals surface area contributed by atoms with E-state index < -0.39 is 31.6 Å². The van der Waals surface area contributed by atoms with Crippen LogP contribution >= 0.6 is 0 Å². The van der Waals surface area contributed by atoms with Gasteiger partial charge in [-0.25, -0.2) is 0 Å². The zero-order valence-electron chi connectivity index (χ0n) is 5.62. The second-order valence-corrected chi connectivity index (χ2v) is 2.16. The summed E-state index contributed by atoms with van der Waals surface area (Å²) in [7, 11) is 0. The summed E-state index contributed by atoms with van der Waals surface area (Å²) >= 11 is 0. The van der Waals surface area contributed by atoms with Crippen LogP contribution in [0.1, 0.15) is 0 Å². The number of hydrogen-bond acceptors (Lipinski definition) is 6. The van der Waals surface area contributed by atoms with Crippen molar-refractivity contribution >= 4 is 0 Å². The number of aliphatic hydroxyl groups excluding tert-OH is 4. The topological polar surface area (TPSA) is 99.4 Å². The Kier molecular flexibility index (Phi) is 2.77. The van der Waals surface area contributed by atoms with Gasteiger partial charge in [-0.05, 0) is 0 Å². The predicted molar refractivity (Wildman–Crippen MR) is 31.1 cm³/mol. The molecule has 4 N–H and O–H groups in total. The summed E-state index contributed by atoms with van der Waals surface area (Å²) in [6, 6.07) is 0. The van der Waals surface area contributed by atoms with Gasteiger partial charge < -0.3 is 29.9 Å². The molecule has 0 spiro atoms. The van der Waals surface area contributed by atoms with Crippen LogP contribution in [0, 0.1) is 0 Å². The van der Waals surface area contributed by atoms with E-state index in [4.69, 9.17) is 20.4 Å². The maximum atomic E-state index is 8.88. The maximum Gasteiger partial charge on any atom is 0.209 e. The van der Waals surface area contributed by atoms with E-state index in [9.17, 15) is 0 Å². The van der Waals surface area contributed by atoms with Crippen LogP contribution in [0.15, 0.2) is 0 Å². The van der Waals surface area contributed by atoms with Gasteiger partial charge >= 0.3 is 0 Å². The van der Waals surface area contributed by atoms with Gasteiger partial charge in [0.15, 0.2) is 6.29 Å². The third-order valence-electron chi connectivity index (χ3n) is 1.34. The van der Waals surface area contributed by atoms with Gasteiger partial charge in [-0.3, -0.25) is 0 Å². The summed E-state index contributed by atoms with van der Waals surface area (Å²) in [6.45, 7) is -0.481. The van der Waals surface area contributed by atoms with Crippen LogP contribution in [-0.4, -0.2) is 52.0 Å². The minimum atomic E-state index is -1.56. The molecular formula is C5H10O6. The van der Waals surface area contributed by atoms with Gasteiger partial charge in [-0.15, -0.1) is 0 Å². The van der Waals surface area contributed by atoms with Crippen molar-refractivity contribution in [1.82, 2.24) is 0 Å². The number of hydrogen-bond donors (Lipinski definition) is 4. The monoisotopic (exact) mass is 166 g/mol. The van der Waals surface area contributed by atoms with Gasteiger partial charge in [-0.1, -0.05) is 0 Å². The Balaban J connectivity index is 2.48. The van der Waals surface area contributed by atoms with Crippen molar-refractivity contribution in [3.05, 3.63) is 0 Å². The van der Waals surface area contributed by atoms with Crippen LogP contribution in [0.2, 0.25) is 0 Å². The molecule has 0 aromatic heterocycles. The van der Waals surface area contributed by atoms with E-state index >= 15 is 0 Å². The van der Waals surface area contributed by atoms with E-state index in [0.29, 0.717) is 0 Å². The van der Waals surface area contributed by atoms with Crippen LogP contribution in [0.4, 0.5) is 0 Å². The van der Waals surface area contributed by atoms with E-state index in [-0.39, 0.29) is 0 Å². The van der Waals surface area contributed by atoms with Crippen LogP contribution in [0.25, 0.3) is 0 Å². The number of ether oxygens (including phenoxy) is 2. The maximum absolute atomic E-state index is 8.88. The fraction of sp³-hybridized carbons (Fsp3) is 1.00. The molecule has 0 radical (unpaired) electrons. The molecule has 1 aliphatic rings. The van der Waals surface area contributed by atoms with E-state index in [0.717, 1.165) is 0 Å². The lowest BCUT2D eigenvalue weighted by Crippen LogP contribution is -2.50. The Labute approximate surface area is 62.6 Å². The van der Waals surface area contributed by atoms with Crippen molar-refractivity contribution in [3.63, 3.8) is 0 Å². The molecule has 1 saturated heterocycles. The molecule has 11 heavy (non-hydrogen) atoms. The Morgan fingerprint density at radius 3 is 2.00 bits per heavy atom. The molecule has 1 heterocycles. The highest BCUT2D eigenvalue weighted by atomic mass is 16.8. The molecule has 0 aliphatic carbocycles. The Bertz CT molecular complexity index is 128. The molecule has 1 fully saturated rings. The lowest BCUT2D eigenvalue weighted by molar-refractivity contribution is -0.379. The summed E-state index contributed by atoms with van der Waals surface area (Å²) < 4.78 is 8.92. The smallest absolute Gasteiger partial charge is 0.209 e. The van der Waals surface area contributed by atoms with Crippen molar-refractivity contribution in [2.24, 2.45) is 0 Å². The van der Waals surface area contributed by atoms with Crippen LogP contribution < -0.4 is 0 Å². The number of rotatable bonds is 1. The standard InChI is InChI=1S/C5H10O6/c6-1-2-3(7)11-5(9)4(8)10-2/h2-9H,1H2/t2?,3-,4?,5?/m0/s1. The summed E-state index contributed by atoms with van der Waals surface area (Å²) in [5, 5.41) is 34.9. The molecule has 1 rings (SSSR count). The van der Waals surface area contributed by atoms with Crippen LogP contribution in [0.3, 0.4) is 0 Å². The summed E-state index contributed by atoms with van der Waals surface area (Å²) in [5.41, 5.74) is 0. The average molecular weight is 166 g/mol. The van der Waals surface area contributed by atoms with Crippen molar-refractivity contribution in [1.29, 1.82) is 0 Å². The molecule has 6 heteroatoms. The number of aliphatic hydroxyl groups is 4. The van der Waals surface area contributed by atoms with Crippen molar-refractivity contribution in [3.8, 4) is 0 Å². The normalized spacial score (nSPS) is 45.8. The van der Waals surface area contributed by atoms with Gasteiger partial charge in [0.1, 0.15) is 6.10 Å². The molecule has 66 valence electrons. The van der Waals surface area contributed by atoms with Crippen molar-refractivity contribution in [2.45, 2.75) is 25.0 Å². The molecule has 0 aromatic carbocycles. The average Bonchev–Trinajstić information content (AvgIpc) is 1.97. The molecule has 0 bridgehead atoms. The third kappa shape index (κ3) is 1.86. The van der Waals surface area contributed by atoms with Gasteiger partial charge in [0.2, 0.25) is 12.6 Å². The molecule has 1 aliphatic heterocycles. The Hall–Kier alpha value is -0.240. The minimum Gasteiger partial charge on any atom is -0.393 e. The lowest BCUT2D eigenvalue weighted by atomic mass is 10.3. The largest absolute Gasteiger partial charge is 0.393 e. The van der Waals surface area contributed by atoms with Gasteiger partial charge in [0.25, 0.3) is 0 Å². The zero-order valence-corrected chi connectivity index (χ0v) is 5.62. The first-order valence-corrected chi connectivity index (χ1v) is 3.11. The second kappa shape index (κ2) is 3.44. The quantitative estimate of drug-likeness (QED) is 0.339. The molecule has 0 aromatic rings. The highest BCUT2D eigenvalue weighted by Gasteiger charge is 2.35. The second-order valence-electron chi connectivity index (χ2n) is 2.16. The fourth-order valence-corrected chi connectivity index (χ4v) is 0.744. The first-order valence-electron chi connectivity index (χ1n) is 3.11. The molecule has 6 nitrogen and oxygen atoms in total. The molecule has 0 saturated carbocycles. The van der Waals surface area contributed by atoms with Crippen LogP contribution in [0.5, 0.6) is 0 Å².